The summed E-state index contributed by atoms with van der Waals surface area (Å²) in [5.41, 5.74) is -0.164. The minimum atomic E-state index is -4.41. The topological polar surface area (TPSA) is 32.3 Å². The normalized spacial score (nSPS) is 14.0. The summed E-state index contributed by atoms with van der Waals surface area (Å²) in [6.07, 6.45) is -4.41. The third-order valence-electron chi connectivity index (χ3n) is 1.86. The van der Waals surface area contributed by atoms with Gasteiger partial charge in [-0.1, -0.05) is 18.2 Å². The molecule has 0 aliphatic carbocycles. The molecule has 78 valence electrons. The van der Waals surface area contributed by atoms with Gasteiger partial charge in [0.05, 0.1) is 0 Å². The Morgan fingerprint density at radius 1 is 1.29 bits per heavy atom. The molecule has 2 N–H and O–H groups in total. The van der Waals surface area contributed by atoms with E-state index < -0.39 is 12.2 Å². The molecule has 0 bridgehead atoms. The van der Waals surface area contributed by atoms with Crippen LogP contribution in [0.2, 0.25) is 0 Å². The molecule has 2 nitrogen and oxygen atoms in total. The van der Waals surface area contributed by atoms with E-state index >= 15 is 0 Å². The second-order valence-electron chi connectivity index (χ2n) is 2.82. The van der Waals surface area contributed by atoms with E-state index in [9.17, 15) is 18.3 Å². The van der Waals surface area contributed by atoms with Gasteiger partial charge in [0.1, 0.15) is 11.8 Å². The highest BCUT2D eigenvalue weighted by Crippen LogP contribution is 2.36. The minimum Gasteiger partial charge on any atom is -0.508 e. The van der Waals surface area contributed by atoms with E-state index in [-0.39, 0.29) is 11.3 Å². The maximum absolute atomic E-state index is 12.4. The van der Waals surface area contributed by atoms with E-state index in [2.05, 4.69) is 5.32 Å². The van der Waals surface area contributed by atoms with Gasteiger partial charge in [0.15, 0.2) is 0 Å². The number of nitrogens with one attached hydrogen (secondary N) is 1. The van der Waals surface area contributed by atoms with Crippen LogP contribution in [0.5, 0.6) is 5.75 Å². The molecular formula is C9H10F3NO. The summed E-state index contributed by atoms with van der Waals surface area (Å²) in [5.74, 6) is -0.357. The van der Waals surface area contributed by atoms with Crippen molar-refractivity contribution in [3.63, 3.8) is 0 Å². The smallest absolute Gasteiger partial charge is 0.408 e. The fourth-order valence-corrected chi connectivity index (χ4v) is 1.23. The van der Waals surface area contributed by atoms with Gasteiger partial charge in [0.2, 0.25) is 0 Å². The van der Waals surface area contributed by atoms with Gasteiger partial charge in [-0.2, -0.15) is 13.2 Å². The summed E-state index contributed by atoms with van der Waals surface area (Å²) >= 11 is 0. The maximum atomic E-state index is 12.4. The number of rotatable bonds is 2. The summed E-state index contributed by atoms with van der Waals surface area (Å²) < 4.78 is 37.2. The van der Waals surface area contributed by atoms with Crippen molar-refractivity contribution in [3.8, 4) is 5.75 Å². The van der Waals surface area contributed by atoms with Crippen LogP contribution in [0.4, 0.5) is 13.2 Å². The quantitative estimate of drug-likeness (QED) is 0.775. The molecule has 1 aromatic rings. The molecule has 1 atom stereocenters. The molecule has 0 spiro atoms. The summed E-state index contributed by atoms with van der Waals surface area (Å²) in [4.78, 5) is 0. The Bertz CT molecular complexity index is 311. The highest BCUT2D eigenvalue weighted by Gasteiger charge is 2.40. The zero-order chi connectivity index (χ0) is 10.8. The number of hydrogen-bond donors (Lipinski definition) is 2. The van der Waals surface area contributed by atoms with Gasteiger partial charge in [-0.15, -0.1) is 0 Å². The predicted octanol–water partition coefficient (Wildman–Crippen LogP) is 2.22. The van der Waals surface area contributed by atoms with Crippen LogP contribution in [-0.4, -0.2) is 18.3 Å². The van der Waals surface area contributed by atoms with Crippen LogP contribution in [0.3, 0.4) is 0 Å². The van der Waals surface area contributed by atoms with Crippen molar-refractivity contribution in [1.29, 1.82) is 0 Å². The molecule has 5 heteroatoms. The number of phenols is 1. The third kappa shape index (κ3) is 2.17. The highest BCUT2D eigenvalue weighted by atomic mass is 19.4. The van der Waals surface area contributed by atoms with Gasteiger partial charge in [-0.25, -0.2) is 0 Å². The molecule has 0 heterocycles. The summed E-state index contributed by atoms with van der Waals surface area (Å²) in [6, 6.07) is 3.56. The molecule has 1 aromatic carbocycles. The van der Waals surface area contributed by atoms with Crippen LogP contribution in [0.15, 0.2) is 24.3 Å². The average Bonchev–Trinajstić information content (AvgIpc) is 2.07. The van der Waals surface area contributed by atoms with Crippen molar-refractivity contribution < 1.29 is 18.3 Å². The lowest BCUT2D eigenvalue weighted by atomic mass is 10.1. The number of halogens is 3. The largest absolute Gasteiger partial charge is 0.508 e. The first kappa shape index (κ1) is 10.8. The molecule has 0 aliphatic rings. The molecule has 0 aliphatic heterocycles. The third-order valence-corrected chi connectivity index (χ3v) is 1.86. The number of hydrogen-bond acceptors (Lipinski definition) is 2. The van der Waals surface area contributed by atoms with E-state index in [1.807, 2.05) is 0 Å². The average molecular weight is 205 g/mol. The van der Waals surface area contributed by atoms with Crippen molar-refractivity contribution in [1.82, 2.24) is 5.32 Å². The molecule has 0 saturated heterocycles. The monoisotopic (exact) mass is 205 g/mol. The summed E-state index contributed by atoms with van der Waals surface area (Å²) in [5, 5.41) is 11.3. The predicted molar refractivity (Wildman–Crippen MR) is 46.0 cm³/mol. The van der Waals surface area contributed by atoms with Crippen LogP contribution in [0.25, 0.3) is 0 Å². The molecule has 1 unspecified atom stereocenters. The Morgan fingerprint density at radius 3 is 2.29 bits per heavy atom. The van der Waals surface area contributed by atoms with Gasteiger partial charge in [-0.3, -0.25) is 0 Å². The van der Waals surface area contributed by atoms with Gasteiger partial charge in [-0.05, 0) is 13.1 Å². The SMILES string of the molecule is CNC(c1ccccc1O)C(F)(F)F. The van der Waals surface area contributed by atoms with Gasteiger partial charge in [0.25, 0.3) is 0 Å². The van der Waals surface area contributed by atoms with E-state index in [1.165, 1.54) is 31.3 Å². The molecule has 0 fully saturated rings. The zero-order valence-corrected chi connectivity index (χ0v) is 7.47. The Labute approximate surface area is 79.4 Å². The number of aromatic hydroxyl groups is 1. The number of alkyl halides is 3. The Hall–Kier alpha value is -1.23. The molecule has 14 heavy (non-hydrogen) atoms. The van der Waals surface area contributed by atoms with Crippen molar-refractivity contribution >= 4 is 0 Å². The maximum Gasteiger partial charge on any atom is 0.408 e. The van der Waals surface area contributed by atoms with Crippen LogP contribution >= 0.6 is 0 Å². The Balaban J connectivity index is 3.08. The second kappa shape index (κ2) is 3.88. The fourth-order valence-electron chi connectivity index (χ4n) is 1.23. The van der Waals surface area contributed by atoms with E-state index in [0.717, 1.165) is 0 Å². The Morgan fingerprint density at radius 2 is 1.86 bits per heavy atom. The first-order chi connectivity index (χ1) is 6.46. The minimum absolute atomic E-state index is 0.164. The lowest BCUT2D eigenvalue weighted by Crippen LogP contribution is -2.31. The van der Waals surface area contributed by atoms with E-state index in [0.29, 0.717) is 0 Å². The van der Waals surface area contributed by atoms with Gasteiger partial charge >= 0.3 is 6.18 Å². The molecular weight excluding hydrogens is 195 g/mol. The van der Waals surface area contributed by atoms with Gasteiger partial charge in [0, 0.05) is 5.56 Å². The molecule has 0 radical (unpaired) electrons. The second-order valence-corrected chi connectivity index (χ2v) is 2.82. The molecule has 0 saturated carbocycles. The van der Waals surface area contributed by atoms with Gasteiger partial charge < -0.3 is 10.4 Å². The number of para-hydroxylation sites is 1. The van der Waals surface area contributed by atoms with Crippen LogP contribution in [0.1, 0.15) is 11.6 Å². The zero-order valence-electron chi connectivity index (χ0n) is 7.47. The lowest BCUT2D eigenvalue weighted by Gasteiger charge is -2.20. The molecule has 1 rings (SSSR count). The molecule has 0 aromatic heterocycles. The van der Waals surface area contributed by atoms with Crippen molar-refractivity contribution in [2.75, 3.05) is 7.05 Å². The summed E-state index contributed by atoms with van der Waals surface area (Å²) in [6.45, 7) is 0. The standard InChI is InChI=1S/C9H10F3NO/c1-13-8(9(10,11)12)6-4-2-3-5-7(6)14/h2-5,8,13-14H,1H3. The van der Waals surface area contributed by atoms with Crippen LogP contribution < -0.4 is 5.32 Å². The number of benzene rings is 1. The fraction of sp³-hybridized carbons (Fsp3) is 0.333. The lowest BCUT2D eigenvalue weighted by molar-refractivity contribution is -0.156. The van der Waals surface area contributed by atoms with Crippen molar-refractivity contribution in [2.45, 2.75) is 12.2 Å². The van der Waals surface area contributed by atoms with E-state index in [4.69, 9.17) is 0 Å². The Kier molecular flexibility index (Phi) is 3.00. The molecule has 0 amide bonds. The van der Waals surface area contributed by atoms with E-state index in [1.54, 1.807) is 0 Å². The first-order valence-electron chi connectivity index (χ1n) is 3.98. The van der Waals surface area contributed by atoms with Crippen molar-refractivity contribution in [3.05, 3.63) is 29.8 Å². The first-order valence-corrected chi connectivity index (χ1v) is 3.98. The number of phenolic OH excluding ortho intramolecular Hbond substituents is 1. The summed E-state index contributed by atoms with van der Waals surface area (Å²) in [7, 11) is 1.20. The van der Waals surface area contributed by atoms with Crippen LogP contribution in [0, 0.1) is 0 Å². The highest BCUT2D eigenvalue weighted by molar-refractivity contribution is 5.35. The van der Waals surface area contributed by atoms with Crippen LogP contribution in [-0.2, 0) is 0 Å². The van der Waals surface area contributed by atoms with Crippen molar-refractivity contribution in [2.24, 2.45) is 0 Å².